The minimum Gasteiger partial charge on any atom is -0.503 e. The smallest absolute Gasteiger partial charge is 0.455 e. The number of rotatable bonds is 4. The van der Waals surface area contributed by atoms with Gasteiger partial charge in [0.2, 0.25) is 0 Å². The standard InChI is InChI=1S/C11H11BrF5NO2/c1-2-20-7-4-5(3-6(12)8(7)19)9(18)10(13,14)11(15,16)17/h3-4,9,19H,2,18H2,1H3/t9-/m1/s1. The summed E-state index contributed by atoms with van der Waals surface area (Å²) in [7, 11) is 0. The Balaban J connectivity index is 3.27. The molecule has 1 aromatic rings. The number of halogens is 6. The van der Waals surface area contributed by atoms with Crippen LogP contribution in [0.1, 0.15) is 18.5 Å². The monoisotopic (exact) mass is 363 g/mol. The molecule has 1 rings (SSSR count). The molecule has 0 spiro atoms. The third-order valence-corrected chi connectivity index (χ3v) is 3.08. The molecule has 0 radical (unpaired) electrons. The van der Waals surface area contributed by atoms with Crippen molar-refractivity contribution in [2.45, 2.75) is 25.1 Å². The molecule has 1 aromatic carbocycles. The molecule has 0 bridgehead atoms. The van der Waals surface area contributed by atoms with E-state index < -0.39 is 29.5 Å². The Kier molecular flexibility index (Phi) is 4.86. The number of nitrogens with two attached hydrogens (primary N) is 1. The third-order valence-electron chi connectivity index (χ3n) is 2.48. The summed E-state index contributed by atoms with van der Waals surface area (Å²) < 4.78 is 68.1. The number of hydrogen-bond acceptors (Lipinski definition) is 3. The van der Waals surface area contributed by atoms with Gasteiger partial charge in [0.1, 0.15) is 6.04 Å². The largest absolute Gasteiger partial charge is 0.503 e. The van der Waals surface area contributed by atoms with Crippen molar-refractivity contribution in [2.75, 3.05) is 6.61 Å². The van der Waals surface area contributed by atoms with Crippen LogP contribution in [0.15, 0.2) is 16.6 Å². The Labute approximate surface area is 119 Å². The predicted molar refractivity (Wildman–Crippen MR) is 64.9 cm³/mol. The molecule has 0 saturated heterocycles. The lowest BCUT2D eigenvalue weighted by molar-refractivity contribution is -0.291. The Morgan fingerprint density at radius 1 is 1.30 bits per heavy atom. The van der Waals surface area contributed by atoms with E-state index >= 15 is 0 Å². The number of hydrogen-bond donors (Lipinski definition) is 2. The van der Waals surface area contributed by atoms with Crippen molar-refractivity contribution >= 4 is 15.9 Å². The highest BCUT2D eigenvalue weighted by molar-refractivity contribution is 9.10. The zero-order valence-corrected chi connectivity index (χ0v) is 11.7. The van der Waals surface area contributed by atoms with E-state index in [0.29, 0.717) is 0 Å². The molecule has 0 saturated carbocycles. The molecule has 0 unspecified atom stereocenters. The minimum absolute atomic E-state index is 0.0909. The van der Waals surface area contributed by atoms with E-state index in [1.54, 1.807) is 6.92 Å². The first-order valence-electron chi connectivity index (χ1n) is 5.37. The van der Waals surface area contributed by atoms with Gasteiger partial charge in [-0.15, -0.1) is 0 Å². The number of aromatic hydroxyl groups is 1. The quantitative estimate of drug-likeness (QED) is 0.801. The molecule has 3 N–H and O–H groups in total. The van der Waals surface area contributed by atoms with Crippen LogP contribution in [0, 0.1) is 0 Å². The summed E-state index contributed by atoms with van der Waals surface area (Å²) in [6.07, 6.45) is -5.78. The molecule has 0 aromatic heterocycles. The first-order valence-corrected chi connectivity index (χ1v) is 6.17. The van der Waals surface area contributed by atoms with Gasteiger partial charge in [-0.05, 0) is 40.5 Å². The van der Waals surface area contributed by atoms with Crippen LogP contribution in [-0.2, 0) is 0 Å². The van der Waals surface area contributed by atoms with E-state index in [2.05, 4.69) is 15.9 Å². The Hall–Kier alpha value is -1.09. The highest BCUT2D eigenvalue weighted by atomic mass is 79.9. The maximum Gasteiger partial charge on any atom is 0.455 e. The van der Waals surface area contributed by atoms with Crippen molar-refractivity contribution in [2.24, 2.45) is 5.73 Å². The average molecular weight is 364 g/mol. The maximum atomic E-state index is 13.2. The van der Waals surface area contributed by atoms with Gasteiger partial charge in [0, 0.05) is 0 Å². The summed E-state index contributed by atoms with van der Waals surface area (Å²) >= 11 is 2.84. The van der Waals surface area contributed by atoms with Gasteiger partial charge in [0.25, 0.3) is 0 Å². The number of benzene rings is 1. The zero-order valence-electron chi connectivity index (χ0n) is 10.1. The number of ether oxygens (including phenoxy) is 1. The summed E-state index contributed by atoms with van der Waals surface area (Å²) in [4.78, 5) is 0. The lowest BCUT2D eigenvalue weighted by Gasteiger charge is -2.26. The van der Waals surface area contributed by atoms with Gasteiger partial charge >= 0.3 is 12.1 Å². The first-order chi connectivity index (χ1) is 9.02. The Morgan fingerprint density at radius 2 is 1.85 bits per heavy atom. The van der Waals surface area contributed by atoms with Gasteiger partial charge in [-0.25, -0.2) is 0 Å². The summed E-state index contributed by atoms with van der Waals surface area (Å²) in [5.74, 6) is -5.74. The molecular weight excluding hydrogens is 353 g/mol. The van der Waals surface area contributed by atoms with E-state index in [0.717, 1.165) is 12.1 Å². The van der Waals surface area contributed by atoms with Gasteiger partial charge in [-0.3, -0.25) is 0 Å². The van der Waals surface area contributed by atoms with Gasteiger partial charge in [0.05, 0.1) is 11.1 Å². The van der Waals surface area contributed by atoms with Crippen LogP contribution in [-0.4, -0.2) is 23.8 Å². The van der Waals surface area contributed by atoms with Crippen LogP contribution in [0.25, 0.3) is 0 Å². The van der Waals surface area contributed by atoms with Crippen molar-refractivity contribution in [1.29, 1.82) is 0 Å². The third kappa shape index (κ3) is 3.14. The second kappa shape index (κ2) is 5.72. The molecule has 0 aliphatic carbocycles. The molecule has 1 atom stereocenters. The zero-order chi connectivity index (χ0) is 15.7. The van der Waals surface area contributed by atoms with E-state index in [4.69, 9.17) is 10.5 Å². The molecular formula is C11H11BrF5NO2. The van der Waals surface area contributed by atoms with Gasteiger partial charge in [-0.2, -0.15) is 22.0 Å². The fourth-order valence-corrected chi connectivity index (χ4v) is 1.88. The van der Waals surface area contributed by atoms with Crippen molar-refractivity contribution in [3.63, 3.8) is 0 Å². The normalized spacial score (nSPS) is 14.2. The molecule has 0 amide bonds. The Morgan fingerprint density at radius 3 is 2.30 bits per heavy atom. The molecule has 9 heteroatoms. The van der Waals surface area contributed by atoms with Crippen molar-refractivity contribution in [3.8, 4) is 11.5 Å². The molecule has 3 nitrogen and oxygen atoms in total. The van der Waals surface area contributed by atoms with Gasteiger partial charge in [-0.1, -0.05) is 0 Å². The lowest BCUT2D eigenvalue weighted by Crippen LogP contribution is -2.45. The molecule has 0 aliphatic rings. The predicted octanol–water partition coefficient (Wildman–Crippen LogP) is 3.75. The van der Waals surface area contributed by atoms with E-state index in [-0.39, 0.29) is 16.8 Å². The molecule has 0 heterocycles. The Bertz CT molecular complexity index is 492. The molecule has 114 valence electrons. The molecule has 0 aliphatic heterocycles. The van der Waals surface area contributed by atoms with Crippen LogP contribution >= 0.6 is 15.9 Å². The van der Waals surface area contributed by atoms with Crippen LogP contribution in [0.5, 0.6) is 11.5 Å². The van der Waals surface area contributed by atoms with Crippen LogP contribution in [0.2, 0.25) is 0 Å². The van der Waals surface area contributed by atoms with Gasteiger partial charge in [0.15, 0.2) is 11.5 Å². The summed E-state index contributed by atoms with van der Waals surface area (Å²) in [5.41, 5.74) is 4.50. The van der Waals surface area contributed by atoms with Crippen LogP contribution in [0.3, 0.4) is 0 Å². The lowest BCUT2D eigenvalue weighted by atomic mass is 10.0. The van der Waals surface area contributed by atoms with Crippen molar-refractivity contribution in [3.05, 3.63) is 22.2 Å². The first kappa shape index (κ1) is 17.0. The molecule has 0 fully saturated rings. The highest BCUT2D eigenvalue weighted by Crippen LogP contribution is 2.45. The maximum absolute atomic E-state index is 13.2. The fraction of sp³-hybridized carbons (Fsp3) is 0.455. The minimum atomic E-state index is -5.78. The van der Waals surface area contributed by atoms with Gasteiger partial charge < -0.3 is 15.6 Å². The highest BCUT2D eigenvalue weighted by Gasteiger charge is 2.61. The summed E-state index contributed by atoms with van der Waals surface area (Å²) in [6.45, 7) is 1.65. The number of alkyl halides is 5. The molecule has 20 heavy (non-hydrogen) atoms. The number of phenols is 1. The van der Waals surface area contributed by atoms with E-state index in [9.17, 15) is 27.1 Å². The fourth-order valence-electron chi connectivity index (χ4n) is 1.42. The number of phenolic OH excluding ortho intramolecular Hbond substituents is 1. The second-order valence-electron chi connectivity index (χ2n) is 3.88. The van der Waals surface area contributed by atoms with Crippen molar-refractivity contribution in [1.82, 2.24) is 0 Å². The summed E-state index contributed by atoms with van der Waals surface area (Å²) in [6, 6.07) is -0.866. The van der Waals surface area contributed by atoms with E-state index in [1.807, 2.05) is 0 Å². The topological polar surface area (TPSA) is 55.5 Å². The second-order valence-corrected chi connectivity index (χ2v) is 4.74. The van der Waals surface area contributed by atoms with Crippen molar-refractivity contribution < 1.29 is 31.8 Å². The van der Waals surface area contributed by atoms with E-state index in [1.165, 1.54) is 0 Å². The average Bonchev–Trinajstić information content (AvgIpc) is 2.32. The summed E-state index contributed by atoms with van der Waals surface area (Å²) in [5, 5.41) is 9.58. The van der Waals surface area contributed by atoms with Crippen LogP contribution < -0.4 is 10.5 Å². The van der Waals surface area contributed by atoms with Crippen LogP contribution in [0.4, 0.5) is 22.0 Å². The SMILES string of the molecule is CCOc1cc([C@@H](N)C(F)(F)C(F)(F)F)cc(Br)c1O.